The van der Waals surface area contributed by atoms with Crippen LogP contribution in [0.2, 0.25) is 0 Å². The Morgan fingerprint density at radius 2 is 1.62 bits per heavy atom. The predicted molar refractivity (Wildman–Crippen MR) is 155 cm³/mol. The molecule has 2 aromatic rings. The molecule has 0 aromatic heterocycles. The molecule has 214 valence electrons. The Morgan fingerprint density at radius 3 is 2.21 bits per heavy atom. The maximum absolute atomic E-state index is 13.3. The first-order chi connectivity index (χ1) is 18.3. The van der Waals surface area contributed by atoms with E-state index in [9.17, 15) is 9.00 Å². The van der Waals surface area contributed by atoms with Gasteiger partial charge in [-0.1, -0.05) is 30.3 Å². The lowest BCUT2D eigenvalue weighted by atomic mass is 9.73. The zero-order valence-corrected chi connectivity index (χ0v) is 25.3. The molecular formula is C31H44N2O5S. The van der Waals surface area contributed by atoms with E-state index in [1.54, 1.807) is 7.11 Å². The molecule has 4 rings (SSSR count). The predicted octanol–water partition coefficient (Wildman–Crippen LogP) is 6.08. The first kappa shape index (κ1) is 29.6. The molecule has 1 saturated heterocycles. The fourth-order valence-corrected chi connectivity index (χ4v) is 6.33. The van der Waals surface area contributed by atoms with Gasteiger partial charge in [0.15, 0.2) is 0 Å². The second kappa shape index (κ2) is 11.6. The molecule has 1 spiro atoms. The molecule has 0 saturated carbocycles. The number of carbonyl (C=O) groups excluding carboxylic acids is 1. The molecule has 8 heteroatoms. The van der Waals surface area contributed by atoms with Gasteiger partial charge < -0.3 is 19.1 Å². The fourth-order valence-electron chi connectivity index (χ4n) is 5.38. The number of rotatable bonds is 7. The molecule has 1 heterocycles. The van der Waals surface area contributed by atoms with Gasteiger partial charge >= 0.3 is 6.09 Å². The van der Waals surface area contributed by atoms with Crippen molar-refractivity contribution in [2.24, 2.45) is 5.41 Å². The third-order valence-corrected chi connectivity index (χ3v) is 9.13. The number of hydrogen-bond acceptors (Lipinski definition) is 5. The summed E-state index contributed by atoms with van der Waals surface area (Å²) in [7, 11) is 0.430. The summed E-state index contributed by atoms with van der Waals surface area (Å²) in [5.41, 5.74) is 4.04. The van der Waals surface area contributed by atoms with Gasteiger partial charge in [0.05, 0.1) is 42.1 Å². The number of nitrogens with one attached hydrogen (secondary N) is 1. The van der Waals surface area contributed by atoms with Crippen LogP contribution in [0, 0.1) is 5.41 Å². The molecule has 7 nitrogen and oxygen atoms in total. The van der Waals surface area contributed by atoms with E-state index in [1.807, 2.05) is 70.7 Å². The average Bonchev–Trinajstić information content (AvgIpc) is 3.15. The van der Waals surface area contributed by atoms with Gasteiger partial charge in [-0.15, -0.1) is 0 Å². The smallest absolute Gasteiger partial charge is 0.410 e. The van der Waals surface area contributed by atoms with Crippen molar-refractivity contribution >= 4 is 17.1 Å². The molecule has 1 amide bonds. The van der Waals surface area contributed by atoms with Crippen LogP contribution in [0.3, 0.4) is 0 Å². The normalized spacial score (nSPS) is 19.6. The van der Waals surface area contributed by atoms with Crippen LogP contribution in [0.1, 0.15) is 82.7 Å². The van der Waals surface area contributed by atoms with Crippen LogP contribution in [-0.2, 0) is 40.1 Å². The summed E-state index contributed by atoms with van der Waals surface area (Å²) in [5, 5.41) is 0. The molecule has 39 heavy (non-hydrogen) atoms. The third-order valence-electron chi connectivity index (χ3n) is 7.56. The quantitative estimate of drug-likeness (QED) is 0.447. The van der Waals surface area contributed by atoms with Crippen molar-refractivity contribution in [3.05, 3.63) is 64.7 Å². The Hall–Kier alpha value is -2.42. The lowest BCUT2D eigenvalue weighted by molar-refractivity contribution is 0.00723. The summed E-state index contributed by atoms with van der Waals surface area (Å²) in [6.07, 6.45) is 2.29. The van der Waals surface area contributed by atoms with Crippen LogP contribution in [-0.4, -0.2) is 45.7 Å². The number of piperidine rings is 1. The van der Waals surface area contributed by atoms with E-state index < -0.39 is 16.6 Å². The molecule has 2 aromatic carbocycles. The van der Waals surface area contributed by atoms with E-state index in [1.165, 1.54) is 11.1 Å². The van der Waals surface area contributed by atoms with Crippen molar-refractivity contribution in [3.8, 4) is 5.75 Å². The van der Waals surface area contributed by atoms with Crippen molar-refractivity contribution in [3.63, 3.8) is 0 Å². The van der Waals surface area contributed by atoms with Crippen molar-refractivity contribution < 1.29 is 23.2 Å². The second-order valence-corrected chi connectivity index (χ2v) is 14.8. The topological polar surface area (TPSA) is 77.1 Å². The highest BCUT2D eigenvalue weighted by Crippen LogP contribution is 2.52. The van der Waals surface area contributed by atoms with E-state index in [-0.39, 0.29) is 22.3 Å². The summed E-state index contributed by atoms with van der Waals surface area (Å²) < 4.78 is 33.4. The highest BCUT2D eigenvalue weighted by atomic mass is 32.2. The van der Waals surface area contributed by atoms with E-state index in [0.717, 1.165) is 36.1 Å². The number of hydrogen-bond donors (Lipinski definition) is 1. The summed E-state index contributed by atoms with van der Waals surface area (Å²) in [5.74, 6) is 0.828. The Morgan fingerprint density at radius 1 is 1.00 bits per heavy atom. The van der Waals surface area contributed by atoms with Gasteiger partial charge in [-0.25, -0.2) is 13.7 Å². The van der Waals surface area contributed by atoms with Crippen LogP contribution in [0.25, 0.3) is 0 Å². The zero-order chi connectivity index (χ0) is 28.4. The lowest BCUT2D eigenvalue weighted by Crippen LogP contribution is -2.49. The lowest BCUT2D eigenvalue weighted by Gasteiger charge is -2.44. The molecule has 1 aliphatic carbocycles. The number of methoxy groups -OCH3 is 1. The van der Waals surface area contributed by atoms with Gasteiger partial charge in [0.2, 0.25) is 0 Å². The minimum atomic E-state index is -1.23. The minimum Gasteiger partial charge on any atom is -0.497 e. The summed E-state index contributed by atoms with van der Waals surface area (Å²) in [6, 6.07) is 14.4. The van der Waals surface area contributed by atoms with E-state index in [4.69, 9.17) is 14.2 Å². The third kappa shape index (κ3) is 7.21. The second-order valence-electron chi connectivity index (χ2n) is 12.8. The Labute approximate surface area is 236 Å². The Kier molecular flexibility index (Phi) is 8.79. The number of ether oxygens (including phenoxy) is 3. The highest BCUT2D eigenvalue weighted by Gasteiger charge is 2.49. The minimum absolute atomic E-state index is 0.0603. The van der Waals surface area contributed by atoms with E-state index in [2.05, 4.69) is 22.9 Å². The van der Waals surface area contributed by atoms with Crippen LogP contribution >= 0.6 is 0 Å². The largest absolute Gasteiger partial charge is 0.497 e. The number of benzene rings is 2. The van der Waals surface area contributed by atoms with Gasteiger partial charge in [0.25, 0.3) is 0 Å². The van der Waals surface area contributed by atoms with Crippen molar-refractivity contribution in [2.45, 2.75) is 90.4 Å². The number of fused-ring (bicyclic) bond motifs is 1. The molecular weight excluding hydrogens is 512 g/mol. The average molecular weight is 557 g/mol. The molecule has 2 aliphatic rings. The highest BCUT2D eigenvalue weighted by molar-refractivity contribution is 7.84. The summed E-state index contributed by atoms with van der Waals surface area (Å²) in [6.45, 7) is 13.9. The first-order valence-electron chi connectivity index (χ1n) is 13.8. The number of carbonyl (C=O) groups is 1. The molecule has 0 bridgehead atoms. The monoisotopic (exact) mass is 556 g/mol. The molecule has 1 aliphatic heterocycles. The fraction of sp³-hybridized carbons (Fsp3) is 0.581. The van der Waals surface area contributed by atoms with Crippen molar-refractivity contribution in [1.29, 1.82) is 0 Å². The van der Waals surface area contributed by atoms with Crippen LogP contribution in [0.15, 0.2) is 42.5 Å². The van der Waals surface area contributed by atoms with Gasteiger partial charge in [-0.05, 0) is 101 Å². The molecule has 1 fully saturated rings. The zero-order valence-electron chi connectivity index (χ0n) is 24.5. The van der Waals surface area contributed by atoms with Crippen molar-refractivity contribution in [1.82, 2.24) is 9.62 Å². The van der Waals surface area contributed by atoms with Crippen LogP contribution < -0.4 is 9.46 Å². The summed E-state index contributed by atoms with van der Waals surface area (Å²) in [4.78, 5) is 14.5. The standard InChI is InChI=1S/C31H44N2O5S/c1-29(2,3)38-28(34)33-16-14-31(15-17-33)19-24-11-8-23(18-26(24)27(31)32-39(35)30(4,5)6)21-37-20-22-9-12-25(36-7)13-10-22/h8-13,18,27,32H,14-17,19-21H2,1-7H3. The van der Waals surface area contributed by atoms with Crippen LogP contribution in [0.5, 0.6) is 5.75 Å². The first-order valence-corrected chi connectivity index (χ1v) is 14.9. The molecule has 2 unspecified atom stereocenters. The summed E-state index contributed by atoms with van der Waals surface area (Å²) >= 11 is 0. The maximum Gasteiger partial charge on any atom is 0.410 e. The van der Waals surface area contributed by atoms with Crippen molar-refractivity contribution in [2.75, 3.05) is 20.2 Å². The van der Waals surface area contributed by atoms with Crippen LogP contribution in [0.4, 0.5) is 4.79 Å². The van der Waals surface area contributed by atoms with Gasteiger partial charge in [0, 0.05) is 13.1 Å². The van der Waals surface area contributed by atoms with Gasteiger partial charge in [-0.3, -0.25) is 0 Å². The molecule has 0 radical (unpaired) electrons. The van der Waals surface area contributed by atoms with E-state index in [0.29, 0.717) is 26.3 Å². The SMILES string of the molecule is COc1ccc(COCc2ccc3c(c2)C(NS(=O)C(C)(C)C)C2(CCN(C(=O)OC(C)(C)C)CC2)C3)cc1. The maximum atomic E-state index is 13.3. The van der Waals surface area contributed by atoms with E-state index >= 15 is 0 Å². The number of nitrogens with zero attached hydrogens (tertiary/aromatic N) is 1. The number of amides is 1. The Balaban J connectivity index is 1.49. The Bertz CT molecular complexity index is 1170. The molecule has 1 N–H and O–H groups in total. The van der Waals surface area contributed by atoms with Gasteiger partial charge in [-0.2, -0.15) is 0 Å². The number of likely N-dealkylation sites (tertiary alicyclic amines) is 1. The van der Waals surface area contributed by atoms with Gasteiger partial charge in [0.1, 0.15) is 11.4 Å². The molecule has 2 atom stereocenters.